The van der Waals surface area contributed by atoms with E-state index in [9.17, 15) is 0 Å². The number of halogens is 1. The maximum absolute atomic E-state index is 4.40. The molecule has 5 nitrogen and oxygen atoms in total. The molecule has 3 rings (SSSR count). The molecule has 0 saturated heterocycles. The SMILES string of the molecule is CN1C=C(Nc2cnn(C3CC3)c2)N=C(Br)C1. The maximum atomic E-state index is 4.40. The van der Waals surface area contributed by atoms with E-state index in [0.717, 1.165) is 22.7 Å². The normalized spacial score (nSPS) is 20.0. The topological polar surface area (TPSA) is 45.5 Å². The summed E-state index contributed by atoms with van der Waals surface area (Å²) in [5.74, 6) is 0.834. The molecule has 2 aliphatic rings. The molecule has 1 aromatic heterocycles. The second-order valence-electron chi connectivity index (χ2n) is 4.48. The molecule has 1 fully saturated rings. The Balaban J connectivity index is 1.73. The van der Waals surface area contributed by atoms with E-state index in [1.54, 1.807) is 0 Å². The summed E-state index contributed by atoms with van der Waals surface area (Å²) in [5, 5.41) is 7.60. The fraction of sp³-hybridized carbons (Fsp3) is 0.455. The average molecular weight is 296 g/mol. The zero-order chi connectivity index (χ0) is 11.8. The number of anilines is 1. The molecule has 90 valence electrons. The lowest BCUT2D eigenvalue weighted by atomic mass is 10.5. The molecule has 17 heavy (non-hydrogen) atoms. The van der Waals surface area contributed by atoms with E-state index in [2.05, 4.69) is 36.2 Å². The van der Waals surface area contributed by atoms with Crippen LogP contribution >= 0.6 is 15.9 Å². The van der Waals surface area contributed by atoms with Crippen LogP contribution in [0.15, 0.2) is 29.4 Å². The Bertz CT molecular complexity index is 486. The van der Waals surface area contributed by atoms with Crippen LogP contribution in [0, 0.1) is 0 Å². The minimum absolute atomic E-state index is 0.615. The lowest BCUT2D eigenvalue weighted by Gasteiger charge is -2.19. The Kier molecular flexibility index (Phi) is 2.66. The van der Waals surface area contributed by atoms with Crippen LogP contribution < -0.4 is 5.32 Å². The van der Waals surface area contributed by atoms with E-state index < -0.39 is 0 Å². The van der Waals surface area contributed by atoms with Crippen molar-refractivity contribution in [1.29, 1.82) is 0 Å². The minimum atomic E-state index is 0.615. The van der Waals surface area contributed by atoms with Crippen LogP contribution in [0.2, 0.25) is 0 Å². The summed E-state index contributed by atoms with van der Waals surface area (Å²) in [6.07, 6.45) is 8.36. The fourth-order valence-corrected chi connectivity index (χ4v) is 2.39. The minimum Gasteiger partial charge on any atom is -0.371 e. The van der Waals surface area contributed by atoms with E-state index in [1.165, 1.54) is 12.8 Å². The van der Waals surface area contributed by atoms with Gasteiger partial charge in [-0.15, -0.1) is 0 Å². The summed E-state index contributed by atoms with van der Waals surface area (Å²) in [6.45, 7) is 0.812. The van der Waals surface area contributed by atoms with Crippen molar-refractivity contribution in [2.45, 2.75) is 18.9 Å². The molecule has 0 radical (unpaired) electrons. The van der Waals surface area contributed by atoms with E-state index in [-0.39, 0.29) is 0 Å². The standard InChI is InChI=1S/C11H14BrN5/c1-16-6-10(12)15-11(7-16)14-8-4-13-17(5-8)9-2-3-9/h4-5,7,9,14H,2-3,6H2,1H3. The summed E-state index contributed by atoms with van der Waals surface area (Å²) < 4.78 is 2.95. The van der Waals surface area contributed by atoms with Gasteiger partial charge in [0.15, 0.2) is 0 Å². The third kappa shape index (κ3) is 2.52. The molecule has 6 heteroatoms. The highest BCUT2D eigenvalue weighted by Gasteiger charge is 2.24. The zero-order valence-corrected chi connectivity index (χ0v) is 11.2. The molecule has 0 atom stereocenters. The van der Waals surface area contributed by atoms with Crippen molar-refractivity contribution in [1.82, 2.24) is 14.7 Å². The molecule has 1 aromatic rings. The van der Waals surface area contributed by atoms with E-state index in [1.807, 2.05) is 30.3 Å². The van der Waals surface area contributed by atoms with Gasteiger partial charge in [-0.3, -0.25) is 4.68 Å². The van der Waals surface area contributed by atoms with Crippen LogP contribution in [0.4, 0.5) is 5.69 Å². The zero-order valence-electron chi connectivity index (χ0n) is 9.60. The van der Waals surface area contributed by atoms with Crippen LogP contribution in [0.3, 0.4) is 0 Å². The van der Waals surface area contributed by atoms with Gasteiger partial charge in [0.2, 0.25) is 0 Å². The highest BCUT2D eigenvalue weighted by molar-refractivity contribution is 9.18. The van der Waals surface area contributed by atoms with Gasteiger partial charge < -0.3 is 10.2 Å². The van der Waals surface area contributed by atoms with Crippen molar-refractivity contribution >= 4 is 26.2 Å². The Morgan fingerprint density at radius 1 is 1.47 bits per heavy atom. The molecule has 0 unspecified atom stereocenters. The lowest BCUT2D eigenvalue weighted by Crippen LogP contribution is -2.23. The van der Waals surface area contributed by atoms with Crippen molar-refractivity contribution in [3.05, 3.63) is 24.4 Å². The Morgan fingerprint density at radius 2 is 2.29 bits per heavy atom. The number of hydrogen-bond acceptors (Lipinski definition) is 4. The number of aromatic nitrogens is 2. The average Bonchev–Trinajstić information content (AvgIpc) is 2.99. The maximum Gasteiger partial charge on any atom is 0.147 e. The van der Waals surface area contributed by atoms with Crippen LogP contribution in [-0.2, 0) is 0 Å². The van der Waals surface area contributed by atoms with Gasteiger partial charge in [0.1, 0.15) is 10.4 Å². The monoisotopic (exact) mass is 295 g/mol. The van der Waals surface area contributed by atoms with Crippen molar-refractivity contribution < 1.29 is 0 Å². The largest absolute Gasteiger partial charge is 0.371 e. The summed E-state index contributed by atoms with van der Waals surface area (Å²) in [7, 11) is 2.02. The van der Waals surface area contributed by atoms with Gasteiger partial charge in [0, 0.05) is 19.4 Å². The van der Waals surface area contributed by atoms with Gasteiger partial charge >= 0.3 is 0 Å². The van der Waals surface area contributed by atoms with Gasteiger partial charge in [-0.25, -0.2) is 4.99 Å². The number of hydrogen-bond donors (Lipinski definition) is 1. The third-order valence-corrected chi connectivity index (χ3v) is 3.19. The first-order chi connectivity index (χ1) is 8.20. The van der Waals surface area contributed by atoms with Gasteiger partial charge in [-0.2, -0.15) is 5.10 Å². The van der Waals surface area contributed by atoms with E-state index in [0.29, 0.717) is 6.04 Å². The number of nitrogens with one attached hydrogen (secondary N) is 1. The highest BCUT2D eigenvalue weighted by atomic mass is 79.9. The Hall–Kier alpha value is -1.30. The Morgan fingerprint density at radius 3 is 3.00 bits per heavy atom. The molecule has 1 N–H and O–H groups in total. The molecule has 1 saturated carbocycles. The third-order valence-electron chi connectivity index (χ3n) is 2.76. The van der Waals surface area contributed by atoms with Gasteiger partial charge in [0.25, 0.3) is 0 Å². The van der Waals surface area contributed by atoms with Crippen LogP contribution in [-0.4, -0.2) is 32.9 Å². The summed E-state index contributed by atoms with van der Waals surface area (Å²) in [5.41, 5.74) is 0.988. The predicted octanol–water partition coefficient (Wildman–Crippen LogP) is 2.17. The Labute approximate surface area is 108 Å². The van der Waals surface area contributed by atoms with Gasteiger partial charge in [0.05, 0.1) is 24.5 Å². The first-order valence-electron chi connectivity index (χ1n) is 5.67. The second kappa shape index (κ2) is 4.18. The van der Waals surface area contributed by atoms with Crippen LogP contribution in [0.5, 0.6) is 0 Å². The van der Waals surface area contributed by atoms with Crippen molar-refractivity contribution in [3.63, 3.8) is 0 Å². The molecule has 1 aliphatic carbocycles. The van der Waals surface area contributed by atoms with Crippen LogP contribution in [0.25, 0.3) is 0 Å². The molecule has 2 heterocycles. The van der Waals surface area contributed by atoms with E-state index in [4.69, 9.17) is 0 Å². The van der Waals surface area contributed by atoms with Crippen molar-refractivity contribution in [3.8, 4) is 0 Å². The summed E-state index contributed by atoms with van der Waals surface area (Å²) >= 11 is 3.43. The quantitative estimate of drug-likeness (QED) is 0.930. The van der Waals surface area contributed by atoms with Gasteiger partial charge in [-0.1, -0.05) is 0 Å². The van der Waals surface area contributed by atoms with Gasteiger partial charge in [-0.05, 0) is 28.8 Å². The summed E-state index contributed by atoms with van der Waals surface area (Å²) in [4.78, 5) is 6.48. The first kappa shape index (κ1) is 10.8. The molecule has 0 amide bonds. The number of aliphatic imine (C=N–C) groups is 1. The number of nitrogens with zero attached hydrogens (tertiary/aromatic N) is 4. The second-order valence-corrected chi connectivity index (χ2v) is 5.40. The highest BCUT2D eigenvalue weighted by Crippen LogP contribution is 2.34. The van der Waals surface area contributed by atoms with E-state index >= 15 is 0 Å². The van der Waals surface area contributed by atoms with Crippen molar-refractivity contribution in [2.75, 3.05) is 18.9 Å². The molecule has 0 spiro atoms. The molecule has 1 aliphatic heterocycles. The predicted molar refractivity (Wildman–Crippen MR) is 71.2 cm³/mol. The van der Waals surface area contributed by atoms with Crippen molar-refractivity contribution in [2.24, 2.45) is 4.99 Å². The molecular weight excluding hydrogens is 282 g/mol. The summed E-state index contributed by atoms with van der Waals surface area (Å²) in [6, 6.07) is 0.615. The fourth-order valence-electron chi connectivity index (χ4n) is 1.80. The number of rotatable bonds is 3. The molecule has 0 aromatic carbocycles. The molecular formula is C11H14BrN5. The van der Waals surface area contributed by atoms with Crippen LogP contribution in [0.1, 0.15) is 18.9 Å². The lowest BCUT2D eigenvalue weighted by molar-refractivity contribution is 0.515. The molecule has 0 bridgehead atoms. The smallest absolute Gasteiger partial charge is 0.147 e. The first-order valence-corrected chi connectivity index (χ1v) is 6.46.